The molecule has 0 radical (unpaired) electrons. The molecule has 0 aromatic heterocycles. The summed E-state index contributed by atoms with van der Waals surface area (Å²) in [6, 6.07) is 3.63. The van der Waals surface area contributed by atoms with E-state index in [0.717, 1.165) is 0 Å². The van der Waals surface area contributed by atoms with Crippen LogP contribution in [0.4, 0.5) is 8.78 Å². The molecule has 1 aromatic rings. The third-order valence-corrected chi connectivity index (χ3v) is 2.14. The maximum Gasteiger partial charge on any atom is 0.303 e. The zero-order valence-corrected chi connectivity index (χ0v) is 8.34. The summed E-state index contributed by atoms with van der Waals surface area (Å²) in [6.07, 6.45) is 0.0125. The molecule has 0 aliphatic rings. The molecule has 1 unspecified atom stereocenters. The number of aliphatic carboxylic acids is 1. The van der Waals surface area contributed by atoms with Gasteiger partial charge in [0, 0.05) is 12.0 Å². The molecule has 4 heteroatoms. The van der Waals surface area contributed by atoms with E-state index in [1.165, 1.54) is 18.2 Å². The summed E-state index contributed by atoms with van der Waals surface area (Å²) in [5.41, 5.74) is -0.0359. The van der Waals surface area contributed by atoms with Crippen LogP contribution in [0.2, 0.25) is 0 Å². The van der Waals surface area contributed by atoms with Crippen LogP contribution in [-0.2, 0) is 11.2 Å². The lowest BCUT2D eigenvalue weighted by Gasteiger charge is -2.10. The fourth-order valence-corrected chi connectivity index (χ4v) is 1.45. The van der Waals surface area contributed by atoms with E-state index < -0.39 is 17.6 Å². The van der Waals surface area contributed by atoms with E-state index in [-0.39, 0.29) is 24.3 Å². The molecule has 1 atom stereocenters. The number of carbonyl (C=O) groups is 1. The van der Waals surface area contributed by atoms with Crippen molar-refractivity contribution in [3.63, 3.8) is 0 Å². The summed E-state index contributed by atoms with van der Waals surface area (Å²) in [5.74, 6) is -2.48. The topological polar surface area (TPSA) is 37.3 Å². The van der Waals surface area contributed by atoms with E-state index in [4.69, 9.17) is 5.11 Å². The lowest BCUT2D eigenvalue weighted by atomic mass is 9.97. The van der Waals surface area contributed by atoms with Gasteiger partial charge in [0.15, 0.2) is 0 Å². The Morgan fingerprint density at radius 1 is 1.40 bits per heavy atom. The first kappa shape index (κ1) is 11.6. The summed E-state index contributed by atoms with van der Waals surface area (Å²) in [7, 11) is 0. The normalized spacial score (nSPS) is 12.5. The van der Waals surface area contributed by atoms with Crippen LogP contribution in [0, 0.1) is 17.6 Å². The molecule has 1 N–H and O–H groups in total. The Morgan fingerprint density at radius 2 is 1.93 bits per heavy atom. The van der Waals surface area contributed by atoms with Crippen LogP contribution in [0.1, 0.15) is 18.9 Å². The highest BCUT2D eigenvalue weighted by Gasteiger charge is 2.14. The molecule has 1 aromatic carbocycles. The fraction of sp³-hybridized carbons (Fsp3) is 0.364. The molecule has 0 aliphatic heterocycles. The van der Waals surface area contributed by atoms with Crippen LogP contribution < -0.4 is 0 Å². The minimum Gasteiger partial charge on any atom is -0.481 e. The van der Waals surface area contributed by atoms with Crippen LogP contribution in [0.5, 0.6) is 0 Å². The van der Waals surface area contributed by atoms with Gasteiger partial charge in [-0.3, -0.25) is 4.79 Å². The maximum atomic E-state index is 13.2. The first-order chi connectivity index (χ1) is 7.00. The van der Waals surface area contributed by atoms with Crippen molar-refractivity contribution >= 4 is 5.97 Å². The van der Waals surface area contributed by atoms with E-state index in [1.807, 2.05) is 0 Å². The van der Waals surface area contributed by atoms with Gasteiger partial charge in [0.05, 0.1) is 0 Å². The Kier molecular flexibility index (Phi) is 3.77. The van der Waals surface area contributed by atoms with Crippen LogP contribution in [0.15, 0.2) is 18.2 Å². The van der Waals surface area contributed by atoms with E-state index in [1.54, 1.807) is 6.92 Å². The zero-order valence-electron chi connectivity index (χ0n) is 8.34. The average molecular weight is 214 g/mol. The van der Waals surface area contributed by atoms with Crippen molar-refractivity contribution in [3.8, 4) is 0 Å². The number of halogens is 2. The quantitative estimate of drug-likeness (QED) is 0.836. The van der Waals surface area contributed by atoms with Gasteiger partial charge < -0.3 is 5.11 Å². The molecule has 0 fully saturated rings. The fourth-order valence-electron chi connectivity index (χ4n) is 1.45. The van der Waals surface area contributed by atoms with Crippen LogP contribution in [0.3, 0.4) is 0 Å². The maximum absolute atomic E-state index is 13.2. The molecule has 15 heavy (non-hydrogen) atoms. The van der Waals surface area contributed by atoms with E-state index in [2.05, 4.69) is 0 Å². The highest BCUT2D eigenvalue weighted by molar-refractivity contribution is 5.67. The van der Waals surface area contributed by atoms with E-state index >= 15 is 0 Å². The summed E-state index contributed by atoms with van der Waals surface area (Å²) < 4.78 is 26.3. The Hall–Kier alpha value is -1.45. The first-order valence-electron chi connectivity index (χ1n) is 4.65. The minimum atomic E-state index is -0.959. The van der Waals surface area contributed by atoms with Gasteiger partial charge in [0.25, 0.3) is 0 Å². The van der Waals surface area contributed by atoms with Crippen molar-refractivity contribution in [1.29, 1.82) is 0 Å². The molecule has 0 aliphatic carbocycles. The van der Waals surface area contributed by atoms with Gasteiger partial charge in [0.2, 0.25) is 0 Å². The molecule has 2 nitrogen and oxygen atoms in total. The number of hydrogen-bond acceptors (Lipinski definition) is 1. The third-order valence-electron chi connectivity index (χ3n) is 2.14. The number of carboxylic acids is 1. The summed E-state index contributed by atoms with van der Waals surface area (Å²) in [5, 5.41) is 8.51. The van der Waals surface area contributed by atoms with Gasteiger partial charge in [-0.2, -0.15) is 0 Å². The van der Waals surface area contributed by atoms with Crippen molar-refractivity contribution in [3.05, 3.63) is 35.4 Å². The van der Waals surface area contributed by atoms with Gasteiger partial charge in [0.1, 0.15) is 11.6 Å². The van der Waals surface area contributed by atoms with Gasteiger partial charge in [-0.15, -0.1) is 0 Å². The van der Waals surface area contributed by atoms with Crippen molar-refractivity contribution < 1.29 is 18.7 Å². The average Bonchev–Trinajstić information content (AvgIpc) is 2.10. The standard InChI is InChI=1S/C11H12F2O2/c1-7(6-11(14)15)5-8-9(12)3-2-4-10(8)13/h2-4,7H,5-6H2,1H3,(H,14,15). The Bertz CT molecular complexity index is 343. The Morgan fingerprint density at radius 3 is 2.40 bits per heavy atom. The number of carboxylic acid groups (broad SMARTS) is 1. The number of rotatable bonds is 4. The summed E-state index contributed by atoms with van der Waals surface area (Å²) in [6.45, 7) is 1.65. The van der Waals surface area contributed by atoms with E-state index in [9.17, 15) is 13.6 Å². The molecular weight excluding hydrogens is 202 g/mol. The molecule has 0 amide bonds. The SMILES string of the molecule is CC(CC(=O)O)Cc1c(F)cccc1F. The van der Waals surface area contributed by atoms with Gasteiger partial charge >= 0.3 is 5.97 Å². The monoisotopic (exact) mass is 214 g/mol. The third kappa shape index (κ3) is 3.31. The summed E-state index contributed by atoms with van der Waals surface area (Å²) >= 11 is 0. The molecule has 0 saturated heterocycles. The number of hydrogen-bond donors (Lipinski definition) is 1. The lowest BCUT2D eigenvalue weighted by molar-refractivity contribution is -0.137. The molecule has 0 bridgehead atoms. The van der Waals surface area contributed by atoms with Crippen LogP contribution in [0.25, 0.3) is 0 Å². The number of benzene rings is 1. The largest absolute Gasteiger partial charge is 0.481 e. The molecule has 1 rings (SSSR count). The second-order valence-corrected chi connectivity index (χ2v) is 3.61. The van der Waals surface area contributed by atoms with Gasteiger partial charge in [-0.05, 0) is 24.5 Å². The molecule has 0 heterocycles. The minimum absolute atomic E-state index is 0.0359. The second-order valence-electron chi connectivity index (χ2n) is 3.61. The summed E-state index contributed by atoms with van der Waals surface area (Å²) in [4.78, 5) is 10.4. The van der Waals surface area contributed by atoms with Crippen molar-refractivity contribution in [2.24, 2.45) is 5.92 Å². The van der Waals surface area contributed by atoms with Crippen molar-refractivity contribution in [2.75, 3.05) is 0 Å². The Labute approximate surface area is 86.5 Å². The van der Waals surface area contributed by atoms with Crippen LogP contribution in [-0.4, -0.2) is 11.1 Å². The first-order valence-corrected chi connectivity index (χ1v) is 4.65. The second kappa shape index (κ2) is 4.87. The van der Waals surface area contributed by atoms with Crippen LogP contribution >= 0.6 is 0 Å². The molecule has 0 saturated carbocycles. The molecule has 82 valence electrons. The zero-order chi connectivity index (χ0) is 11.4. The predicted molar refractivity (Wildman–Crippen MR) is 51.5 cm³/mol. The van der Waals surface area contributed by atoms with Crippen molar-refractivity contribution in [2.45, 2.75) is 19.8 Å². The lowest BCUT2D eigenvalue weighted by Crippen LogP contribution is -2.09. The van der Waals surface area contributed by atoms with E-state index in [0.29, 0.717) is 0 Å². The van der Waals surface area contributed by atoms with Gasteiger partial charge in [-0.1, -0.05) is 13.0 Å². The smallest absolute Gasteiger partial charge is 0.303 e. The highest BCUT2D eigenvalue weighted by Crippen LogP contribution is 2.18. The van der Waals surface area contributed by atoms with Gasteiger partial charge in [-0.25, -0.2) is 8.78 Å². The molecule has 0 spiro atoms. The highest BCUT2D eigenvalue weighted by atomic mass is 19.1. The van der Waals surface area contributed by atoms with Crippen molar-refractivity contribution in [1.82, 2.24) is 0 Å². The Balaban J connectivity index is 2.76. The predicted octanol–water partition coefficient (Wildman–Crippen LogP) is 2.62. The molecular formula is C11H12F2O2.